The lowest BCUT2D eigenvalue weighted by Crippen LogP contribution is -2.23. The zero-order chi connectivity index (χ0) is 14.5. The van der Waals surface area contributed by atoms with Crippen LogP contribution in [0.2, 0.25) is 0 Å². The highest BCUT2D eigenvalue weighted by atomic mass is 79.9. The molecule has 1 nitrogen and oxygen atoms in total. The topological polar surface area (TPSA) is 12.0 Å². The van der Waals surface area contributed by atoms with Crippen LogP contribution in [-0.4, -0.2) is 6.54 Å². The second kappa shape index (κ2) is 7.39. The Morgan fingerprint density at radius 3 is 2.30 bits per heavy atom. The predicted octanol–water partition coefficient (Wildman–Crippen LogP) is 5.41. The first kappa shape index (κ1) is 15.7. The molecule has 2 aromatic rings. The van der Waals surface area contributed by atoms with Gasteiger partial charge in [-0.25, -0.2) is 0 Å². The van der Waals surface area contributed by atoms with Crippen molar-refractivity contribution in [2.24, 2.45) is 0 Å². The molecule has 20 heavy (non-hydrogen) atoms. The molecule has 0 saturated carbocycles. The van der Waals surface area contributed by atoms with Gasteiger partial charge in [-0.2, -0.15) is 0 Å². The number of hydrogen-bond acceptors (Lipinski definition) is 1. The largest absolute Gasteiger partial charge is 0.310 e. The van der Waals surface area contributed by atoms with Crippen LogP contribution in [0.4, 0.5) is 0 Å². The van der Waals surface area contributed by atoms with Crippen LogP contribution in [0.15, 0.2) is 51.4 Å². The van der Waals surface area contributed by atoms with Crippen molar-refractivity contribution in [1.82, 2.24) is 5.32 Å². The summed E-state index contributed by atoms with van der Waals surface area (Å²) in [6.07, 6.45) is 0.997. The van der Waals surface area contributed by atoms with E-state index < -0.39 is 0 Å². The Morgan fingerprint density at radius 2 is 1.70 bits per heavy atom. The molecule has 2 aromatic carbocycles. The summed E-state index contributed by atoms with van der Waals surface area (Å²) < 4.78 is 2.27. The predicted molar refractivity (Wildman–Crippen MR) is 93.1 cm³/mol. The van der Waals surface area contributed by atoms with E-state index in [1.807, 2.05) is 0 Å². The molecule has 1 unspecified atom stereocenters. The van der Waals surface area contributed by atoms with Crippen LogP contribution in [0.1, 0.15) is 29.7 Å². The molecule has 0 spiro atoms. The maximum Gasteiger partial charge on any atom is 0.0361 e. The van der Waals surface area contributed by atoms with Gasteiger partial charge in [0.1, 0.15) is 0 Å². The molecule has 0 saturated heterocycles. The summed E-state index contributed by atoms with van der Waals surface area (Å²) in [6, 6.07) is 15.5. The smallest absolute Gasteiger partial charge is 0.0361 e. The zero-order valence-corrected chi connectivity index (χ0v) is 15.0. The lowest BCUT2D eigenvalue weighted by Gasteiger charge is -2.19. The molecule has 1 N–H and O–H groups in total. The van der Waals surface area contributed by atoms with Gasteiger partial charge < -0.3 is 5.32 Å². The van der Waals surface area contributed by atoms with Gasteiger partial charge in [0.15, 0.2) is 0 Å². The van der Waals surface area contributed by atoms with E-state index in [0.717, 1.165) is 21.9 Å². The summed E-state index contributed by atoms with van der Waals surface area (Å²) in [5.74, 6) is 0. The molecule has 0 aliphatic carbocycles. The lowest BCUT2D eigenvalue weighted by atomic mass is 9.97. The van der Waals surface area contributed by atoms with Crippen molar-refractivity contribution in [3.05, 3.63) is 68.1 Å². The van der Waals surface area contributed by atoms with Gasteiger partial charge in [-0.15, -0.1) is 0 Å². The van der Waals surface area contributed by atoms with Crippen LogP contribution < -0.4 is 5.32 Å². The van der Waals surface area contributed by atoms with Crippen LogP contribution in [0.25, 0.3) is 0 Å². The molecular weight excluding hydrogens is 378 g/mol. The molecule has 0 aliphatic rings. The van der Waals surface area contributed by atoms with E-state index in [1.165, 1.54) is 16.7 Å². The van der Waals surface area contributed by atoms with Gasteiger partial charge in [0, 0.05) is 15.0 Å². The van der Waals surface area contributed by atoms with Gasteiger partial charge in [0.05, 0.1) is 0 Å². The van der Waals surface area contributed by atoms with E-state index in [9.17, 15) is 0 Å². The van der Waals surface area contributed by atoms with Crippen molar-refractivity contribution < 1.29 is 0 Å². The number of aryl methyl sites for hydroxylation is 1. The van der Waals surface area contributed by atoms with E-state index in [4.69, 9.17) is 0 Å². The minimum absolute atomic E-state index is 0.345. The number of nitrogens with one attached hydrogen (secondary N) is 1. The quantitative estimate of drug-likeness (QED) is 0.711. The van der Waals surface area contributed by atoms with Crippen molar-refractivity contribution in [2.75, 3.05) is 6.54 Å². The first-order chi connectivity index (χ1) is 9.58. The fourth-order valence-corrected chi connectivity index (χ4v) is 3.27. The molecule has 0 fully saturated rings. The average Bonchev–Trinajstić information content (AvgIpc) is 2.39. The second-order valence-electron chi connectivity index (χ2n) is 5.00. The van der Waals surface area contributed by atoms with Crippen molar-refractivity contribution in [3.8, 4) is 0 Å². The Bertz CT molecular complexity index is 543. The van der Waals surface area contributed by atoms with E-state index in [0.29, 0.717) is 6.04 Å². The number of hydrogen-bond donors (Lipinski definition) is 1. The summed E-state index contributed by atoms with van der Waals surface area (Å²) in [4.78, 5) is 0. The van der Waals surface area contributed by atoms with E-state index >= 15 is 0 Å². The molecule has 0 aliphatic heterocycles. The van der Waals surface area contributed by atoms with Crippen LogP contribution in [0.5, 0.6) is 0 Å². The summed E-state index contributed by atoms with van der Waals surface area (Å²) in [5.41, 5.74) is 3.96. The van der Waals surface area contributed by atoms with Gasteiger partial charge in [-0.05, 0) is 60.8 Å². The lowest BCUT2D eigenvalue weighted by molar-refractivity contribution is 0.549. The van der Waals surface area contributed by atoms with Gasteiger partial charge in [-0.1, -0.05) is 57.0 Å². The summed E-state index contributed by atoms with van der Waals surface area (Å²) in [6.45, 7) is 5.25. The van der Waals surface area contributed by atoms with Crippen molar-refractivity contribution in [1.29, 1.82) is 0 Å². The molecule has 1 atom stereocenters. The van der Waals surface area contributed by atoms with Crippen LogP contribution >= 0.6 is 31.9 Å². The SMILES string of the molecule is CCNC(Cc1ccc(Br)cc1)c1cc(C)cc(Br)c1. The molecule has 0 aromatic heterocycles. The molecule has 0 heterocycles. The number of halogens is 2. The highest BCUT2D eigenvalue weighted by Gasteiger charge is 2.12. The molecule has 3 heteroatoms. The third-order valence-electron chi connectivity index (χ3n) is 3.27. The number of rotatable bonds is 5. The molecule has 0 radical (unpaired) electrons. The molecular formula is C17H19Br2N. The fraction of sp³-hybridized carbons (Fsp3) is 0.294. The highest BCUT2D eigenvalue weighted by Crippen LogP contribution is 2.24. The fourth-order valence-electron chi connectivity index (χ4n) is 2.38. The summed E-state index contributed by atoms with van der Waals surface area (Å²) in [5, 5.41) is 3.58. The van der Waals surface area contributed by atoms with Gasteiger partial charge in [0.25, 0.3) is 0 Å². The van der Waals surface area contributed by atoms with Gasteiger partial charge >= 0.3 is 0 Å². The number of likely N-dealkylation sites (N-methyl/N-ethyl adjacent to an activating group) is 1. The third kappa shape index (κ3) is 4.44. The van der Waals surface area contributed by atoms with E-state index in [1.54, 1.807) is 0 Å². The van der Waals surface area contributed by atoms with Crippen molar-refractivity contribution in [3.63, 3.8) is 0 Å². The minimum atomic E-state index is 0.345. The molecule has 106 valence electrons. The van der Waals surface area contributed by atoms with Crippen molar-refractivity contribution in [2.45, 2.75) is 26.3 Å². The average molecular weight is 397 g/mol. The molecule has 0 amide bonds. The highest BCUT2D eigenvalue weighted by molar-refractivity contribution is 9.10. The first-order valence-corrected chi connectivity index (χ1v) is 8.42. The van der Waals surface area contributed by atoms with Gasteiger partial charge in [0.2, 0.25) is 0 Å². The molecule has 2 rings (SSSR count). The van der Waals surface area contributed by atoms with Crippen molar-refractivity contribution >= 4 is 31.9 Å². The second-order valence-corrected chi connectivity index (χ2v) is 6.83. The zero-order valence-electron chi connectivity index (χ0n) is 11.8. The monoisotopic (exact) mass is 395 g/mol. The van der Waals surface area contributed by atoms with Gasteiger partial charge in [-0.3, -0.25) is 0 Å². The van der Waals surface area contributed by atoms with Crippen LogP contribution in [0, 0.1) is 6.92 Å². The Labute approximate surface area is 138 Å². The number of benzene rings is 2. The Kier molecular flexibility index (Phi) is 5.82. The van der Waals surface area contributed by atoms with Crippen LogP contribution in [0.3, 0.4) is 0 Å². The summed E-state index contributed by atoms with van der Waals surface area (Å²) >= 11 is 7.08. The van der Waals surface area contributed by atoms with Crippen LogP contribution in [-0.2, 0) is 6.42 Å². The third-order valence-corrected chi connectivity index (χ3v) is 4.26. The maximum atomic E-state index is 3.59. The maximum absolute atomic E-state index is 3.59. The molecule has 0 bridgehead atoms. The van der Waals surface area contributed by atoms with E-state index in [2.05, 4.69) is 93.5 Å². The Morgan fingerprint density at radius 1 is 1.00 bits per heavy atom. The minimum Gasteiger partial charge on any atom is -0.310 e. The first-order valence-electron chi connectivity index (χ1n) is 6.83. The Balaban J connectivity index is 2.23. The standard InChI is InChI=1S/C17H19Br2N/c1-3-20-17(10-13-4-6-15(18)7-5-13)14-8-12(2)9-16(19)11-14/h4-9,11,17,20H,3,10H2,1-2H3. The Hall–Kier alpha value is -0.640. The summed E-state index contributed by atoms with van der Waals surface area (Å²) in [7, 11) is 0. The normalized spacial score (nSPS) is 12.4. The van der Waals surface area contributed by atoms with E-state index in [-0.39, 0.29) is 0 Å².